The molecule has 1 aromatic heterocycles. The molecule has 0 unspecified atom stereocenters. The summed E-state index contributed by atoms with van der Waals surface area (Å²) in [5.41, 5.74) is 9.09. The van der Waals surface area contributed by atoms with Crippen molar-refractivity contribution in [3.05, 3.63) is 40.9 Å². The van der Waals surface area contributed by atoms with Gasteiger partial charge in [0.1, 0.15) is 11.6 Å². The van der Waals surface area contributed by atoms with E-state index in [0.717, 1.165) is 5.56 Å². The molecule has 2 rings (SSSR count). The monoisotopic (exact) mass is 278 g/mol. The van der Waals surface area contributed by atoms with Crippen LogP contribution >= 0.6 is 11.6 Å². The zero-order valence-corrected chi connectivity index (χ0v) is 11.2. The number of anilines is 3. The van der Waals surface area contributed by atoms with Gasteiger partial charge in [-0.2, -0.15) is 9.97 Å². The topological polar surface area (TPSA) is 93.1 Å². The van der Waals surface area contributed by atoms with Crippen molar-refractivity contribution in [3.63, 3.8) is 0 Å². The van der Waals surface area contributed by atoms with Crippen molar-refractivity contribution in [3.8, 4) is 0 Å². The van der Waals surface area contributed by atoms with E-state index in [-0.39, 0.29) is 5.95 Å². The first-order valence-corrected chi connectivity index (χ1v) is 6.03. The smallest absolute Gasteiger partial charge is 0.223 e. The number of nitrogen functional groups attached to an aromatic ring is 2. The molecule has 0 atom stereocenters. The summed E-state index contributed by atoms with van der Waals surface area (Å²) in [6.07, 6.45) is 0. The number of hydrazine groups is 1. The third-order valence-corrected chi connectivity index (χ3v) is 3.00. The number of nitrogens with zero attached hydrogens (tertiary/aromatic N) is 3. The van der Waals surface area contributed by atoms with Crippen LogP contribution < -0.4 is 21.9 Å². The molecular formula is C12H15ClN6. The molecule has 19 heavy (non-hydrogen) atoms. The number of rotatable bonds is 4. The molecule has 0 amide bonds. The van der Waals surface area contributed by atoms with E-state index >= 15 is 0 Å². The highest BCUT2D eigenvalue weighted by Gasteiger charge is 2.09. The van der Waals surface area contributed by atoms with Crippen molar-refractivity contribution < 1.29 is 0 Å². The van der Waals surface area contributed by atoms with E-state index in [2.05, 4.69) is 15.4 Å². The van der Waals surface area contributed by atoms with Crippen LogP contribution in [0.4, 0.5) is 17.6 Å². The van der Waals surface area contributed by atoms with Gasteiger partial charge in [-0.05, 0) is 11.6 Å². The summed E-state index contributed by atoms with van der Waals surface area (Å²) in [4.78, 5) is 10.0. The molecule has 6 nitrogen and oxygen atoms in total. The maximum atomic E-state index is 6.13. The zero-order valence-electron chi connectivity index (χ0n) is 10.5. The number of nitrogens with two attached hydrogens (primary N) is 2. The van der Waals surface area contributed by atoms with Gasteiger partial charge in [0.15, 0.2) is 0 Å². The first-order valence-electron chi connectivity index (χ1n) is 5.66. The lowest BCUT2D eigenvalue weighted by Gasteiger charge is -2.19. The van der Waals surface area contributed by atoms with Gasteiger partial charge < -0.3 is 16.1 Å². The van der Waals surface area contributed by atoms with E-state index in [1.54, 1.807) is 6.07 Å². The third kappa shape index (κ3) is 3.24. The van der Waals surface area contributed by atoms with E-state index in [4.69, 9.17) is 23.2 Å². The van der Waals surface area contributed by atoms with Crippen LogP contribution in [0, 0.1) is 0 Å². The van der Waals surface area contributed by atoms with Gasteiger partial charge in [0.2, 0.25) is 5.95 Å². The molecule has 0 aliphatic carbocycles. The van der Waals surface area contributed by atoms with Gasteiger partial charge in [-0.15, -0.1) is 0 Å². The highest BCUT2D eigenvalue weighted by atomic mass is 35.5. The van der Waals surface area contributed by atoms with Crippen molar-refractivity contribution in [2.24, 2.45) is 5.84 Å². The molecule has 0 aliphatic rings. The second kappa shape index (κ2) is 5.73. The average molecular weight is 279 g/mol. The lowest BCUT2D eigenvalue weighted by Crippen LogP contribution is -2.20. The van der Waals surface area contributed by atoms with Crippen molar-refractivity contribution in [2.75, 3.05) is 23.1 Å². The van der Waals surface area contributed by atoms with Crippen LogP contribution in [0.2, 0.25) is 5.02 Å². The predicted octanol–water partition coefficient (Wildman–Crippen LogP) is 1.63. The molecule has 100 valence electrons. The molecule has 0 aliphatic heterocycles. The summed E-state index contributed by atoms with van der Waals surface area (Å²) in [7, 11) is 1.89. The minimum Gasteiger partial charge on any atom is -0.368 e. The number of benzene rings is 1. The second-order valence-electron chi connectivity index (χ2n) is 4.06. The number of nitrogens with one attached hydrogen (secondary N) is 1. The largest absolute Gasteiger partial charge is 0.368 e. The molecule has 0 saturated carbocycles. The normalized spacial score (nSPS) is 10.3. The van der Waals surface area contributed by atoms with Gasteiger partial charge in [-0.1, -0.05) is 29.8 Å². The van der Waals surface area contributed by atoms with E-state index in [0.29, 0.717) is 23.2 Å². The van der Waals surface area contributed by atoms with Gasteiger partial charge in [-0.3, -0.25) is 0 Å². The van der Waals surface area contributed by atoms with Gasteiger partial charge in [0.25, 0.3) is 0 Å². The highest BCUT2D eigenvalue weighted by Crippen LogP contribution is 2.21. The molecule has 0 radical (unpaired) electrons. The van der Waals surface area contributed by atoms with Crippen molar-refractivity contribution >= 4 is 29.2 Å². The number of hydrogen-bond donors (Lipinski definition) is 3. The number of aromatic nitrogens is 2. The van der Waals surface area contributed by atoms with E-state index in [1.165, 1.54) is 0 Å². The quantitative estimate of drug-likeness (QED) is 0.581. The van der Waals surface area contributed by atoms with Crippen molar-refractivity contribution in [2.45, 2.75) is 6.54 Å². The number of hydrogen-bond acceptors (Lipinski definition) is 6. The van der Waals surface area contributed by atoms with Gasteiger partial charge in [0, 0.05) is 24.7 Å². The lowest BCUT2D eigenvalue weighted by atomic mass is 10.2. The summed E-state index contributed by atoms with van der Waals surface area (Å²) in [5, 5.41) is 0.716. The van der Waals surface area contributed by atoms with Crippen LogP contribution in [0.15, 0.2) is 30.3 Å². The van der Waals surface area contributed by atoms with E-state index in [9.17, 15) is 0 Å². The Labute approximate surface area is 116 Å². The molecule has 0 bridgehead atoms. The Bertz CT molecular complexity index is 574. The Kier molecular flexibility index (Phi) is 4.03. The van der Waals surface area contributed by atoms with E-state index in [1.807, 2.05) is 36.2 Å². The standard InChI is InChI=1S/C12H15ClN6/c1-19(7-8-4-2-3-5-9(8)13)11-6-10(18-15)16-12(14)17-11/h2-6H,7,15H2,1H3,(H3,14,16,17,18). The molecule has 7 heteroatoms. The molecule has 0 saturated heterocycles. The van der Waals surface area contributed by atoms with Gasteiger partial charge in [-0.25, -0.2) is 5.84 Å². The Morgan fingerprint density at radius 2 is 2.05 bits per heavy atom. The minimum absolute atomic E-state index is 0.163. The molecule has 0 fully saturated rings. The first-order chi connectivity index (χ1) is 9.10. The predicted molar refractivity (Wildman–Crippen MR) is 77.8 cm³/mol. The average Bonchev–Trinajstić information content (AvgIpc) is 2.40. The SMILES string of the molecule is CN(Cc1ccccc1Cl)c1cc(NN)nc(N)n1. The Balaban J connectivity index is 2.22. The maximum Gasteiger partial charge on any atom is 0.223 e. The summed E-state index contributed by atoms with van der Waals surface area (Å²) >= 11 is 6.13. The third-order valence-electron chi connectivity index (χ3n) is 2.63. The lowest BCUT2D eigenvalue weighted by molar-refractivity contribution is 0.894. The Morgan fingerprint density at radius 1 is 1.32 bits per heavy atom. The van der Waals surface area contributed by atoms with Crippen LogP contribution in [-0.2, 0) is 6.54 Å². The minimum atomic E-state index is 0.163. The van der Waals surface area contributed by atoms with Crippen LogP contribution in [0.3, 0.4) is 0 Å². The van der Waals surface area contributed by atoms with Crippen LogP contribution in [0.5, 0.6) is 0 Å². The fourth-order valence-electron chi connectivity index (χ4n) is 1.69. The van der Waals surface area contributed by atoms with Crippen LogP contribution in [-0.4, -0.2) is 17.0 Å². The summed E-state index contributed by atoms with van der Waals surface area (Å²) in [5.74, 6) is 6.63. The zero-order chi connectivity index (χ0) is 13.8. The van der Waals surface area contributed by atoms with Crippen LogP contribution in [0.25, 0.3) is 0 Å². The fourth-order valence-corrected chi connectivity index (χ4v) is 1.88. The molecular weight excluding hydrogens is 264 g/mol. The summed E-state index contributed by atoms with van der Waals surface area (Å²) in [6, 6.07) is 9.37. The molecule has 0 spiro atoms. The molecule has 2 aromatic rings. The second-order valence-corrected chi connectivity index (χ2v) is 4.47. The molecule has 5 N–H and O–H groups in total. The molecule has 1 aromatic carbocycles. The summed E-state index contributed by atoms with van der Waals surface area (Å²) in [6.45, 7) is 0.611. The Hall–Kier alpha value is -2.05. The van der Waals surface area contributed by atoms with Gasteiger partial charge >= 0.3 is 0 Å². The van der Waals surface area contributed by atoms with Gasteiger partial charge in [0.05, 0.1) is 0 Å². The van der Waals surface area contributed by atoms with Crippen molar-refractivity contribution in [1.29, 1.82) is 0 Å². The Morgan fingerprint density at radius 3 is 2.74 bits per heavy atom. The van der Waals surface area contributed by atoms with Crippen molar-refractivity contribution in [1.82, 2.24) is 9.97 Å². The first kappa shape index (κ1) is 13.4. The van der Waals surface area contributed by atoms with E-state index < -0.39 is 0 Å². The van der Waals surface area contributed by atoms with Crippen LogP contribution in [0.1, 0.15) is 5.56 Å². The summed E-state index contributed by atoms with van der Waals surface area (Å²) < 4.78 is 0. The number of halogens is 1. The fraction of sp³-hybridized carbons (Fsp3) is 0.167. The molecule has 1 heterocycles. The maximum absolute atomic E-state index is 6.13. The highest BCUT2D eigenvalue weighted by molar-refractivity contribution is 6.31.